The zero-order valence-electron chi connectivity index (χ0n) is 10.8. The van der Waals surface area contributed by atoms with Gasteiger partial charge in [-0.05, 0) is 18.2 Å². The fraction of sp³-hybridized carbons (Fsp3) is 0. The molecule has 0 amide bonds. The second kappa shape index (κ2) is 4.72. The van der Waals surface area contributed by atoms with Crippen molar-refractivity contribution in [3.8, 4) is 11.4 Å². The molecule has 0 radical (unpaired) electrons. The number of nitrogens with one attached hydrogen (secondary N) is 1. The normalized spacial score (nSPS) is 11.3. The molecule has 4 rings (SSSR count). The van der Waals surface area contributed by atoms with Crippen LogP contribution < -0.4 is 0 Å². The summed E-state index contributed by atoms with van der Waals surface area (Å²) < 4.78 is 0. The number of aromatic nitrogens is 3. The summed E-state index contributed by atoms with van der Waals surface area (Å²) in [6.07, 6.45) is 0. The molecule has 0 unspecified atom stereocenters. The van der Waals surface area contributed by atoms with E-state index in [1.165, 1.54) is 0 Å². The maximum Gasteiger partial charge on any atom is 0.143 e. The molecule has 0 aliphatic rings. The average molecular weight is 314 g/mol. The van der Waals surface area contributed by atoms with Crippen molar-refractivity contribution < 1.29 is 0 Å². The largest absolute Gasteiger partial charge is 0.338 e. The van der Waals surface area contributed by atoms with Crippen molar-refractivity contribution in [3.63, 3.8) is 0 Å². The van der Waals surface area contributed by atoms with E-state index in [0.717, 1.165) is 21.9 Å². The Morgan fingerprint density at radius 3 is 2.33 bits per heavy atom. The molecule has 0 aliphatic heterocycles. The number of fused-ring (bicyclic) bond motifs is 2. The highest BCUT2D eigenvalue weighted by Crippen LogP contribution is 2.37. The SMILES string of the molecule is Clc1nc2ccccc2c(Cl)c1-c1nc2ccccc2[nH]1. The first-order chi connectivity index (χ1) is 10.2. The lowest BCUT2D eigenvalue weighted by molar-refractivity contribution is 1.31. The first-order valence-corrected chi connectivity index (χ1v) is 7.18. The minimum atomic E-state index is 0.345. The van der Waals surface area contributed by atoms with Crippen LogP contribution in [0.15, 0.2) is 48.5 Å². The van der Waals surface area contributed by atoms with E-state index in [1.54, 1.807) is 0 Å². The van der Waals surface area contributed by atoms with Crippen LogP contribution in [0.4, 0.5) is 0 Å². The van der Waals surface area contributed by atoms with Crippen molar-refractivity contribution in [2.75, 3.05) is 0 Å². The standard InChI is InChI=1S/C16H9Cl2N3/c17-14-9-5-1-2-6-10(9)19-15(18)13(14)16-20-11-7-3-4-8-12(11)21-16/h1-8H,(H,20,21). The molecular weight excluding hydrogens is 305 g/mol. The van der Waals surface area contributed by atoms with Crippen LogP contribution in [0.25, 0.3) is 33.3 Å². The maximum atomic E-state index is 6.52. The molecule has 4 aromatic rings. The number of aromatic amines is 1. The van der Waals surface area contributed by atoms with E-state index in [0.29, 0.717) is 21.6 Å². The Bertz CT molecular complexity index is 943. The number of pyridine rings is 1. The van der Waals surface area contributed by atoms with Gasteiger partial charge in [-0.15, -0.1) is 0 Å². The van der Waals surface area contributed by atoms with E-state index < -0.39 is 0 Å². The quantitative estimate of drug-likeness (QED) is 0.497. The van der Waals surface area contributed by atoms with Gasteiger partial charge in [0.1, 0.15) is 11.0 Å². The Hall–Kier alpha value is -2.10. The fourth-order valence-corrected chi connectivity index (χ4v) is 3.08. The molecule has 102 valence electrons. The minimum Gasteiger partial charge on any atom is -0.338 e. The lowest BCUT2D eigenvalue weighted by Crippen LogP contribution is -1.90. The Balaban J connectivity index is 2.05. The predicted molar refractivity (Wildman–Crippen MR) is 86.9 cm³/mol. The fourth-order valence-electron chi connectivity index (χ4n) is 2.42. The van der Waals surface area contributed by atoms with Gasteiger partial charge >= 0.3 is 0 Å². The highest BCUT2D eigenvalue weighted by atomic mass is 35.5. The van der Waals surface area contributed by atoms with Crippen molar-refractivity contribution in [1.82, 2.24) is 15.0 Å². The summed E-state index contributed by atoms with van der Waals surface area (Å²) in [4.78, 5) is 12.2. The monoisotopic (exact) mass is 313 g/mol. The second-order valence-electron chi connectivity index (χ2n) is 4.71. The highest BCUT2D eigenvalue weighted by molar-refractivity contribution is 6.42. The number of benzene rings is 2. The van der Waals surface area contributed by atoms with Crippen LogP contribution in [0.3, 0.4) is 0 Å². The van der Waals surface area contributed by atoms with Gasteiger partial charge in [-0.3, -0.25) is 0 Å². The smallest absolute Gasteiger partial charge is 0.143 e. The van der Waals surface area contributed by atoms with Crippen LogP contribution in [0.5, 0.6) is 0 Å². The van der Waals surface area contributed by atoms with E-state index >= 15 is 0 Å². The summed E-state index contributed by atoms with van der Waals surface area (Å²) in [6.45, 7) is 0. The third-order valence-electron chi connectivity index (χ3n) is 3.41. The van der Waals surface area contributed by atoms with Gasteiger partial charge in [-0.1, -0.05) is 53.5 Å². The van der Waals surface area contributed by atoms with Crippen molar-refractivity contribution >= 4 is 45.1 Å². The lowest BCUT2D eigenvalue weighted by atomic mass is 10.1. The topological polar surface area (TPSA) is 41.6 Å². The molecule has 1 N–H and O–H groups in total. The lowest BCUT2D eigenvalue weighted by Gasteiger charge is -2.07. The van der Waals surface area contributed by atoms with E-state index in [-0.39, 0.29) is 0 Å². The maximum absolute atomic E-state index is 6.52. The van der Waals surface area contributed by atoms with Gasteiger partial charge < -0.3 is 4.98 Å². The van der Waals surface area contributed by atoms with E-state index in [1.807, 2.05) is 48.5 Å². The molecule has 0 spiro atoms. The summed E-state index contributed by atoms with van der Waals surface area (Å²) in [7, 11) is 0. The van der Waals surface area contributed by atoms with Crippen LogP contribution in [0.2, 0.25) is 10.2 Å². The van der Waals surface area contributed by atoms with E-state index in [4.69, 9.17) is 23.2 Å². The van der Waals surface area contributed by atoms with Crippen LogP contribution in [-0.4, -0.2) is 15.0 Å². The first-order valence-electron chi connectivity index (χ1n) is 6.43. The molecule has 2 aromatic heterocycles. The average Bonchev–Trinajstić information content (AvgIpc) is 2.90. The number of H-pyrrole nitrogens is 1. The summed E-state index contributed by atoms with van der Waals surface area (Å²) in [5.74, 6) is 0.629. The molecule has 3 nitrogen and oxygen atoms in total. The summed E-state index contributed by atoms with van der Waals surface area (Å²) >= 11 is 12.8. The zero-order valence-corrected chi connectivity index (χ0v) is 12.3. The molecule has 21 heavy (non-hydrogen) atoms. The molecule has 5 heteroatoms. The molecule has 0 atom stereocenters. The number of hydrogen-bond donors (Lipinski definition) is 1. The number of imidazole rings is 1. The van der Waals surface area contributed by atoms with E-state index in [2.05, 4.69) is 15.0 Å². The van der Waals surface area contributed by atoms with Gasteiger partial charge in [-0.2, -0.15) is 0 Å². The molecule has 0 saturated heterocycles. The Morgan fingerprint density at radius 1 is 0.810 bits per heavy atom. The van der Waals surface area contributed by atoms with Crippen LogP contribution in [-0.2, 0) is 0 Å². The molecule has 0 saturated carbocycles. The number of para-hydroxylation sites is 3. The zero-order chi connectivity index (χ0) is 14.4. The van der Waals surface area contributed by atoms with Crippen molar-refractivity contribution in [1.29, 1.82) is 0 Å². The second-order valence-corrected chi connectivity index (χ2v) is 5.45. The molecule has 0 fully saturated rings. The van der Waals surface area contributed by atoms with Crippen LogP contribution in [0, 0.1) is 0 Å². The molecule has 2 aromatic carbocycles. The van der Waals surface area contributed by atoms with Crippen molar-refractivity contribution in [2.45, 2.75) is 0 Å². The van der Waals surface area contributed by atoms with Gasteiger partial charge in [0, 0.05) is 5.39 Å². The summed E-state index contributed by atoms with van der Waals surface area (Å²) in [6, 6.07) is 15.4. The summed E-state index contributed by atoms with van der Waals surface area (Å²) in [5, 5.41) is 1.77. The summed E-state index contributed by atoms with van der Waals surface area (Å²) in [5.41, 5.74) is 3.21. The molecule has 0 aliphatic carbocycles. The van der Waals surface area contributed by atoms with Gasteiger partial charge in [0.05, 0.1) is 27.1 Å². The molecule has 0 bridgehead atoms. The third-order valence-corrected chi connectivity index (χ3v) is 4.08. The highest BCUT2D eigenvalue weighted by Gasteiger charge is 2.17. The van der Waals surface area contributed by atoms with Crippen LogP contribution >= 0.6 is 23.2 Å². The first kappa shape index (κ1) is 12.6. The van der Waals surface area contributed by atoms with Crippen molar-refractivity contribution in [3.05, 3.63) is 58.7 Å². The number of hydrogen-bond acceptors (Lipinski definition) is 2. The third kappa shape index (κ3) is 1.97. The van der Waals surface area contributed by atoms with Gasteiger partial charge in [0.25, 0.3) is 0 Å². The number of rotatable bonds is 1. The van der Waals surface area contributed by atoms with E-state index in [9.17, 15) is 0 Å². The number of halogens is 2. The number of nitrogens with zero attached hydrogens (tertiary/aromatic N) is 2. The molecular formula is C16H9Cl2N3. The Kier molecular flexibility index (Phi) is 2.84. The van der Waals surface area contributed by atoms with Gasteiger partial charge in [0.15, 0.2) is 0 Å². The van der Waals surface area contributed by atoms with Crippen molar-refractivity contribution in [2.24, 2.45) is 0 Å². The molecule has 2 heterocycles. The Labute approximate surface area is 130 Å². The minimum absolute atomic E-state index is 0.345. The Morgan fingerprint density at radius 2 is 1.52 bits per heavy atom. The van der Waals surface area contributed by atoms with Crippen LogP contribution in [0.1, 0.15) is 0 Å². The predicted octanol–water partition coefficient (Wildman–Crippen LogP) is 5.08. The van der Waals surface area contributed by atoms with Gasteiger partial charge in [0.2, 0.25) is 0 Å². The van der Waals surface area contributed by atoms with Gasteiger partial charge in [-0.25, -0.2) is 9.97 Å².